The number of hydrogen-bond donors (Lipinski definition) is 2. The first-order chi connectivity index (χ1) is 14.1. The van der Waals surface area contributed by atoms with E-state index in [-0.39, 0.29) is 0 Å². The number of nitrogens with zero attached hydrogens (tertiary/aromatic N) is 3. The molecule has 0 aliphatic carbocycles. The van der Waals surface area contributed by atoms with Gasteiger partial charge in [0.25, 0.3) is 0 Å². The van der Waals surface area contributed by atoms with Crippen LogP contribution in [-0.2, 0) is 0 Å². The number of benzene rings is 2. The molecule has 0 bridgehead atoms. The summed E-state index contributed by atoms with van der Waals surface area (Å²) in [7, 11) is 4.68. The SMILES string of the molecule is COc1cc(Nc2cc(C)nc(Nc3cccc(C#N)c3)n2)cc(OC)c1OC. The third-order valence-corrected chi connectivity index (χ3v) is 4.04. The predicted molar refractivity (Wildman–Crippen MR) is 111 cm³/mol. The number of rotatable bonds is 7. The zero-order valence-electron chi connectivity index (χ0n) is 16.6. The number of nitrogens with one attached hydrogen (secondary N) is 2. The number of methoxy groups -OCH3 is 3. The maximum Gasteiger partial charge on any atom is 0.229 e. The highest BCUT2D eigenvalue weighted by Crippen LogP contribution is 2.40. The van der Waals surface area contributed by atoms with E-state index in [4.69, 9.17) is 19.5 Å². The standard InChI is InChI=1S/C21H21N5O3/c1-13-8-19(24-16-10-17(27-2)20(29-4)18(11-16)28-3)26-21(23-13)25-15-7-5-6-14(9-15)12-22/h5-11H,1-4H3,(H2,23,24,25,26). The zero-order chi connectivity index (χ0) is 20.8. The third kappa shape index (κ3) is 4.65. The smallest absolute Gasteiger partial charge is 0.229 e. The van der Waals surface area contributed by atoms with Crippen molar-refractivity contribution in [2.24, 2.45) is 0 Å². The van der Waals surface area contributed by atoms with E-state index in [9.17, 15) is 0 Å². The lowest BCUT2D eigenvalue weighted by atomic mass is 10.2. The fourth-order valence-corrected chi connectivity index (χ4v) is 2.79. The first-order valence-electron chi connectivity index (χ1n) is 8.76. The van der Waals surface area contributed by atoms with Gasteiger partial charge in [-0.05, 0) is 25.1 Å². The Morgan fingerprint density at radius 3 is 2.21 bits per heavy atom. The van der Waals surface area contributed by atoms with Gasteiger partial charge in [-0.2, -0.15) is 10.2 Å². The van der Waals surface area contributed by atoms with Crippen LogP contribution in [0.2, 0.25) is 0 Å². The Labute approximate surface area is 169 Å². The van der Waals surface area contributed by atoms with Gasteiger partial charge < -0.3 is 24.8 Å². The first-order valence-corrected chi connectivity index (χ1v) is 8.76. The number of anilines is 4. The van der Waals surface area contributed by atoms with Crippen LogP contribution in [0.4, 0.5) is 23.1 Å². The second kappa shape index (κ2) is 8.80. The summed E-state index contributed by atoms with van der Waals surface area (Å²) in [6.07, 6.45) is 0. The van der Waals surface area contributed by atoms with Crippen molar-refractivity contribution >= 4 is 23.1 Å². The van der Waals surface area contributed by atoms with Crippen LogP contribution in [0.1, 0.15) is 11.3 Å². The fourth-order valence-electron chi connectivity index (χ4n) is 2.79. The van der Waals surface area contributed by atoms with Gasteiger partial charge in [0.1, 0.15) is 5.82 Å². The largest absolute Gasteiger partial charge is 0.493 e. The Kier molecular flexibility index (Phi) is 6.00. The molecule has 2 aromatic carbocycles. The first kappa shape index (κ1) is 19.8. The van der Waals surface area contributed by atoms with E-state index in [2.05, 4.69) is 26.7 Å². The second-order valence-corrected chi connectivity index (χ2v) is 6.07. The molecule has 0 aliphatic rings. The molecule has 8 nitrogen and oxygen atoms in total. The molecule has 1 aromatic heterocycles. The number of aryl methyl sites for hydroxylation is 1. The van der Waals surface area contributed by atoms with Crippen molar-refractivity contribution < 1.29 is 14.2 Å². The summed E-state index contributed by atoms with van der Waals surface area (Å²) in [6.45, 7) is 1.87. The topological polar surface area (TPSA) is 101 Å². The maximum atomic E-state index is 9.05. The monoisotopic (exact) mass is 391 g/mol. The van der Waals surface area contributed by atoms with Gasteiger partial charge in [0, 0.05) is 35.3 Å². The molecule has 0 fully saturated rings. The van der Waals surface area contributed by atoms with Crippen LogP contribution in [0.25, 0.3) is 0 Å². The lowest BCUT2D eigenvalue weighted by molar-refractivity contribution is 0.324. The summed E-state index contributed by atoms with van der Waals surface area (Å²) < 4.78 is 16.1. The predicted octanol–water partition coefficient (Wildman–Crippen LogP) is 4.17. The highest BCUT2D eigenvalue weighted by atomic mass is 16.5. The molecule has 8 heteroatoms. The molecule has 0 unspecified atom stereocenters. The molecule has 0 amide bonds. The van der Waals surface area contributed by atoms with Gasteiger partial charge in [-0.1, -0.05) is 6.07 Å². The van der Waals surface area contributed by atoms with E-state index < -0.39 is 0 Å². The molecule has 148 valence electrons. The quantitative estimate of drug-likeness (QED) is 0.619. The van der Waals surface area contributed by atoms with E-state index in [1.54, 1.807) is 51.7 Å². The number of nitriles is 1. The van der Waals surface area contributed by atoms with Gasteiger partial charge in [0.2, 0.25) is 11.7 Å². The van der Waals surface area contributed by atoms with Crippen molar-refractivity contribution in [3.63, 3.8) is 0 Å². The van der Waals surface area contributed by atoms with Crippen molar-refractivity contribution in [2.45, 2.75) is 6.92 Å². The average Bonchev–Trinajstić information content (AvgIpc) is 2.72. The zero-order valence-corrected chi connectivity index (χ0v) is 16.6. The Hall–Kier alpha value is -3.99. The Morgan fingerprint density at radius 2 is 1.59 bits per heavy atom. The Morgan fingerprint density at radius 1 is 0.862 bits per heavy atom. The molecule has 2 N–H and O–H groups in total. The van der Waals surface area contributed by atoms with Crippen molar-refractivity contribution in [3.05, 3.63) is 53.7 Å². The molecule has 0 atom stereocenters. The summed E-state index contributed by atoms with van der Waals surface area (Å²) in [6, 6.07) is 14.6. The molecular weight excluding hydrogens is 370 g/mol. The van der Waals surface area contributed by atoms with Gasteiger partial charge in [0.05, 0.1) is 33.0 Å². The lowest BCUT2D eigenvalue weighted by Crippen LogP contribution is -2.03. The minimum atomic E-state index is 0.412. The summed E-state index contributed by atoms with van der Waals surface area (Å²) in [5.74, 6) is 2.58. The molecule has 29 heavy (non-hydrogen) atoms. The summed E-state index contributed by atoms with van der Waals surface area (Å²) in [5.41, 5.74) is 2.77. The van der Waals surface area contributed by atoms with Gasteiger partial charge in [-0.25, -0.2) is 4.98 Å². The Bertz CT molecular complexity index is 1040. The maximum absolute atomic E-state index is 9.05. The van der Waals surface area contributed by atoms with Crippen molar-refractivity contribution in [1.82, 2.24) is 9.97 Å². The van der Waals surface area contributed by atoms with Crippen LogP contribution in [0, 0.1) is 18.3 Å². The molecule has 0 saturated heterocycles. The van der Waals surface area contributed by atoms with Crippen LogP contribution in [0.15, 0.2) is 42.5 Å². The molecule has 1 heterocycles. The van der Waals surface area contributed by atoms with Crippen molar-refractivity contribution in [2.75, 3.05) is 32.0 Å². The van der Waals surface area contributed by atoms with Gasteiger partial charge in [-0.15, -0.1) is 0 Å². The highest BCUT2D eigenvalue weighted by Gasteiger charge is 2.14. The molecule has 0 spiro atoms. The summed E-state index contributed by atoms with van der Waals surface area (Å²) in [4.78, 5) is 8.91. The van der Waals surface area contributed by atoms with Crippen LogP contribution >= 0.6 is 0 Å². The van der Waals surface area contributed by atoms with Gasteiger partial charge in [-0.3, -0.25) is 0 Å². The molecule has 0 radical (unpaired) electrons. The minimum absolute atomic E-state index is 0.412. The molecule has 3 aromatic rings. The normalized spacial score (nSPS) is 10.0. The van der Waals surface area contributed by atoms with E-state index >= 15 is 0 Å². The molecular formula is C21H21N5O3. The molecule has 0 aliphatic heterocycles. The molecule has 3 rings (SSSR count). The molecule has 0 saturated carbocycles. The fraction of sp³-hybridized carbons (Fsp3) is 0.190. The van der Waals surface area contributed by atoms with Crippen molar-refractivity contribution in [1.29, 1.82) is 5.26 Å². The van der Waals surface area contributed by atoms with Crippen LogP contribution in [-0.4, -0.2) is 31.3 Å². The highest BCUT2D eigenvalue weighted by molar-refractivity contribution is 5.67. The van der Waals surface area contributed by atoms with Gasteiger partial charge in [0.15, 0.2) is 11.5 Å². The number of aromatic nitrogens is 2. The van der Waals surface area contributed by atoms with E-state index in [0.29, 0.717) is 34.6 Å². The van der Waals surface area contributed by atoms with Crippen LogP contribution in [0.3, 0.4) is 0 Å². The van der Waals surface area contributed by atoms with Gasteiger partial charge >= 0.3 is 0 Å². The minimum Gasteiger partial charge on any atom is -0.493 e. The summed E-state index contributed by atoms with van der Waals surface area (Å²) in [5, 5.41) is 15.4. The third-order valence-electron chi connectivity index (χ3n) is 4.04. The Balaban J connectivity index is 1.89. The van der Waals surface area contributed by atoms with Crippen LogP contribution in [0.5, 0.6) is 17.2 Å². The van der Waals surface area contributed by atoms with E-state index in [1.807, 2.05) is 19.1 Å². The van der Waals surface area contributed by atoms with Crippen LogP contribution < -0.4 is 24.8 Å². The number of hydrogen-bond acceptors (Lipinski definition) is 8. The van der Waals surface area contributed by atoms with Crippen molar-refractivity contribution in [3.8, 4) is 23.3 Å². The van der Waals surface area contributed by atoms with E-state index in [0.717, 1.165) is 17.1 Å². The lowest BCUT2D eigenvalue weighted by Gasteiger charge is -2.15. The number of ether oxygens (including phenoxy) is 3. The summed E-state index contributed by atoms with van der Waals surface area (Å²) >= 11 is 0. The second-order valence-electron chi connectivity index (χ2n) is 6.07. The van der Waals surface area contributed by atoms with E-state index in [1.165, 1.54) is 0 Å². The average molecular weight is 391 g/mol.